The largest absolute Gasteiger partial charge is 0.379 e. The van der Waals surface area contributed by atoms with E-state index in [2.05, 4.69) is 36.1 Å². The van der Waals surface area contributed by atoms with Crippen molar-refractivity contribution in [2.75, 3.05) is 31.2 Å². The predicted octanol–water partition coefficient (Wildman–Crippen LogP) is 3.05. The molecule has 1 unspecified atom stereocenters. The number of aryl methyl sites for hydroxylation is 1. The molecule has 2 aliphatic rings. The number of hydrogen-bond acceptors (Lipinski definition) is 4. The molecular formula is C21H26N2O3S. The molecule has 2 heterocycles. The molecule has 0 saturated carbocycles. The Labute approximate surface area is 161 Å². The van der Waals surface area contributed by atoms with Gasteiger partial charge in [0, 0.05) is 31.4 Å². The van der Waals surface area contributed by atoms with Crippen LogP contribution in [0.3, 0.4) is 0 Å². The van der Waals surface area contributed by atoms with Crippen LogP contribution in [0.15, 0.2) is 53.4 Å². The third-order valence-electron chi connectivity index (χ3n) is 5.52. The van der Waals surface area contributed by atoms with Crippen molar-refractivity contribution in [2.45, 2.75) is 37.2 Å². The van der Waals surface area contributed by atoms with Crippen LogP contribution in [0.5, 0.6) is 0 Å². The number of sulfonamides is 1. The molecule has 0 N–H and O–H groups in total. The number of hydrogen-bond donors (Lipinski definition) is 0. The van der Waals surface area contributed by atoms with E-state index >= 15 is 0 Å². The number of para-hydroxylation sites is 1. The molecule has 2 aliphatic heterocycles. The SMILES string of the molecule is CC1CCc2ccccc2N1Cc1cccc(S(=O)(=O)N2CCOCC2)c1. The van der Waals surface area contributed by atoms with Crippen LogP contribution in [0, 0.1) is 0 Å². The van der Waals surface area contributed by atoms with Crippen molar-refractivity contribution < 1.29 is 13.2 Å². The minimum absolute atomic E-state index is 0.375. The number of rotatable bonds is 4. The first-order valence-corrected chi connectivity index (χ1v) is 11.0. The molecule has 4 rings (SSSR count). The van der Waals surface area contributed by atoms with E-state index in [9.17, 15) is 8.42 Å². The van der Waals surface area contributed by atoms with Crippen LogP contribution in [0.4, 0.5) is 5.69 Å². The van der Waals surface area contributed by atoms with Crippen molar-refractivity contribution in [2.24, 2.45) is 0 Å². The Morgan fingerprint density at radius 1 is 1.07 bits per heavy atom. The van der Waals surface area contributed by atoms with E-state index in [1.54, 1.807) is 6.07 Å². The Morgan fingerprint density at radius 2 is 1.85 bits per heavy atom. The summed E-state index contributed by atoms with van der Waals surface area (Å²) in [4.78, 5) is 2.76. The summed E-state index contributed by atoms with van der Waals surface area (Å²) >= 11 is 0. The van der Waals surface area contributed by atoms with Crippen LogP contribution in [-0.4, -0.2) is 45.1 Å². The van der Waals surface area contributed by atoms with E-state index in [-0.39, 0.29) is 0 Å². The van der Waals surface area contributed by atoms with Crippen LogP contribution in [0.2, 0.25) is 0 Å². The molecule has 1 saturated heterocycles. The second kappa shape index (κ2) is 7.62. The average molecular weight is 387 g/mol. The maximum Gasteiger partial charge on any atom is 0.243 e. The van der Waals surface area contributed by atoms with Gasteiger partial charge in [0.15, 0.2) is 0 Å². The van der Waals surface area contributed by atoms with E-state index in [4.69, 9.17) is 4.74 Å². The molecule has 0 aliphatic carbocycles. The standard InChI is InChI=1S/C21H26N2O3S/c1-17-9-10-19-6-2-3-8-21(19)23(17)16-18-5-4-7-20(15-18)27(24,25)22-11-13-26-14-12-22/h2-8,15,17H,9-14,16H2,1H3. The molecule has 0 spiro atoms. The third kappa shape index (κ3) is 3.74. The zero-order chi connectivity index (χ0) is 18.9. The molecule has 0 amide bonds. The Morgan fingerprint density at radius 3 is 2.67 bits per heavy atom. The van der Waals surface area contributed by atoms with Gasteiger partial charge in [-0.2, -0.15) is 4.31 Å². The van der Waals surface area contributed by atoms with Crippen molar-refractivity contribution in [3.8, 4) is 0 Å². The van der Waals surface area contributed by atoms with Crippen molar-refractivity contribution in [3.63, 3.8) is 0 Å². The van der Waals surface area contributed by atoms with Gasteiger partial charge in [-0.1, -0.05) is 30.3 Å². The first-order valence-electron chi connectivity index (χ1n) is 9.57. The van der Waals surface area contributed by atoms with Gasteiger partial charge in [-0.15, -0.1) is 0 Å². The summed E-state index contributed by atoms with van der Waals surface area (Å²) in [5.41, 5.74) is 3.65. The lowest BCUT2D eigenvalue weighted by Crippen LogP contribution is -2.40. The maximum absolute atomic E-state index is 13.0. The van der Waals surface area contributed by atoms with Gasteiger partial charge >= 0.3 is 0 Å². The summed E-state index contributed by atoms with van der Waals surface area (Å²) < 4.78 is 32.7. The lowest BCUT2D eigenvalue weighted by Gasteiger charge is -2.37. The lowest BCUT2D eigenvalue weighted by atomic mass is 9.96. The number of nitrogens with zero attached hydrogens (tertiary/aromatic N) is 2. The fourth-order valence-corrected chi connectivity index (χ4v) is 5.42. The molecule has 0 bridgehead atoms. The highest BCUT2D eigenvalue weighted by atomic mass is 32.2. The average Bonchev–Trinajstić information content (AvgIpc) is 2.71. The highest BCUT2D eigenvalue weighted by molar-refractivity contribution is 7.89. The van der Waals surface area contributed by atoms with Crippen LogP contribution in [0.1, 0.15) is 24.5 Å². The molecule has 5 nitrogen and oxygen atoms in total. The summed E-state index contributed by atoms with van der Waals surface area (Å²) in [6, 6.07) is 16.3. The Balaban J connectivity index is 1.60. The second-order valence-corrected chi connectivity index (χ2v) is 9.25. The summed E-state index contributed by atoms with van der Waals surface area (Å²) in [5.74, 6) is 0. The van der Waals surface area contributed by atoms with Crippen LogP contribution in [0.25, 0.3) is 0 Å². The van der Waals surface area contributed by atoms with Crippen LogP contribution < -0.4 is 4.90 Å². The number of fused-ring (bicyclic) bond motifs is 1. The fraction of sp³-hybridized carbons (Fsp3) is 0.429. The number of anilines is 1. The molecule has 144 valence electrons. The fourth-order valence-electron chi connectivity index (χ4n) is 3.94. The van der Waals surface area contributed by atoms with E-state index in [0.29, 0.717) is 43.8 Å². The summed E-state index contributed by atoms with van der Waals surface area (Å²) in [6.45, 7) is 4.71. The van der Waals surface area contributed by atoms with Gasteiger partial charge in [-0.25, -0.2) is 8.42 Å². The van der Waals surface area contributed by atoms with Gasteiger partial charge in [-0.05, 0) is 49.1 Å². The summed E-state index contributed by atoms with van der Waals surface area (Å²) in [6.07, 6.45) is 2.21. The van der Waals surface area contributed by atoms with Crippen molar-refractivity contribution >= 4 is 15.7 Å². The third-order valence-corrected chi connectivity index (χ3v) is 7.42. The second-order valence-electron chi connectivity index (χ2n) is 7.31. The molecule has 6 heteroatoms. The summed E-state index contributed by atoms with van der Waals surface area (Å²) in [5, 5.41) is 0. The zero-order valence-corrected chi connectivity index (χ0v) is 16.5. The van der Waals surface area contributed by atoms with Gasteiger partial charge in [0.2, 0.25) is 10.0 Å². The zero-order valence-electron chi connectivity index (χ0n) is 15.7. The van der Waals surface area contributed by atoms with Gasteiger partial charge < -0.3 is 9.64 Å². The minimum atomic E-state index is -3.46. The topological polar surface area (TPSA) is 49.9 Å². The number of morpholine rings is 1. The monoisotopic (exact) mass is 386 g/mol. The number of ether oxygens (including phenoxy) is 1. The van der Waals surface area contributed by atoms with Crippen molar-refractivity contribution in [1.82, 2.24) is 4.31 Å². The Kier molecular flexibility index (Phi) is 5.21. The molecule has 2 aromatic rings. The first-order chi connectivity index (χ1) is 13.1. The van der Waals surface area contributed by atoms with Crippen molar-refractivity contribution in [1.29, 1.82) is 0 Å². The van der Waals surface area contributed by atoms with Gasteiger partial charge in [0.25, 0.3) is 0 Å². The lowest BCUT2D eigenvalue weighted by molar-refractivity contribution is 0.0730. The van der Waals surface area contributed by atoms with E-state index in [0.717, 1.165) is 18.4 Å². The Bertz CT molecular complexity index is 907. The molecular weight excluding hydrogens is 360 g/mol. The quantitative estimate of drug-likeness (QED) is 0.810. The van der Waals surface area contributed by atoms with Gasteiger partial charge in [0.05, 0.1) is 18.1 Å². The molecule has 2 aromatic carbocycles. The van der Waals surface area contributed by atoms with Gasteiger partial charge in [0.1, 0.15) is 0 Å². The Hall–Kier alpha value is -1.89. The van der Waals surface area contributed by atoms with E-state index in [1.165, 1.54) is 15.6 Å². The highest BCUT2D eigenvalue weighted by Gasteiger charge is 2.27. The highest BCUT2D eigenvalue weighted by Crippen LogP contribution is 2.32. The predicted molar refractivity (Wildman–Crippen MR) is 106 cm³/mol. The first kappa shape index (κ1) is 18.5. The molecule has 0 radical (unpaired) electrons. The maximum atomic E-state index is 13.0. The van der Waals surface area contributed by atoms with E-state index < -0.39 is 10.0 Å². The smallest absolute Gasteiger partial charge is 0.243 e. The van der Waals surface area contributed by atoms with Gasteiger partial charge in [-0.3, -0.25) is 0 Å². The van der Waals surface area contributed by atoms with Crippen molar-refractivity contribution in [3.05, 3.63) is 59.7 Å². The summed E-state index contributed by atoms with van der Waals surface area (Å²) in [7, 11) is -3.46. The molecule has 1 atom stereocenters. The number of benzene rings is 2. The molecule has 1 fully saturated rings. The normalized spacial score (nSPS) is 21.1. The van der Waals surface area contributed by atoms with E-state index in [1.807, 2.05) is 18.2 Å². The minimum Gasteiger partial charge on any atom is -0.379 e. The molecule has 0 aromatic heterocycles. The molecule has 27 heavy (non-hydrogen) atoms. The van der Waals surface area contributed by atoms with Crippen LogP contribution in [-0.2, 0) is 27.7 Å². The van der Waals surface area contributed by atoms with Crippen LogP contribution >= 0.6 is 0 Å².